The Morgan fingerprint density at radius 2 is 1.73 bits per heavy atom. The topological polar surface area (TPSA) is 69.0 Å². The van der Waals surface area contributed by atoms with Crippen molar-refractivity contribution >= 4 is 5.69 Å². The molecule has 1 atom stereocenters. The van der Waals surface area contributed by atoms with Crippen LogP contribution in [-0.4, -0.2) is 21.9 Å². The highest BCUT2D eigenvalue weighted by atomic mass is 19.1. The Kier molecular flexibility index (Phi) is 4.28. The molecular formula is C23H17FN4O2. The van der Waals surface area contributed by atoms with E-state index < -0.39 is 11.7 Å². The van der Waals surface area contributed by atoms with Gasteiger partial charge in [-0.2, -0.15) is 10.1 Å². The molecule has 4 aromatic rings. The lowest BCUT2D eigenvalue weighted by Gasteiger charge is -2.31. The molecule has 1 aromatic heterocycles. The Bertz CT molecular complexity index is 1300. The van der Waals surface area contributed by atoms with Crippen LogP contribution in [0.15, 0.2) is 77.6 Å². The van der Waals surface area contributed by atoms with E-state index in [1.165, 1.54) is 24.3 Å². The van der Waals surface area contributed by atoms with E-state index in [0.29, 0.717) is 17.1 Å². The van der Waals surface area contributed by atoms with E-state index in [4.69, 9.17) is 4.74 Å². The molecule has 0 saturated carbocycles. The first-order valence-electron chi connectivity index (χ1n) is 9.41. The molecule has 0 spiro atoms. The average molecular weight is 400 g/mol. The number of fused-ring (bicyclic) bond motifs is 3. The number of para-hydroxylation sites is 2. The monoisotopic (exact) mass is 400 g/mol. The number of rotatable bonds is 3. The molecule has 3 aromatic carbocycles. The van der Waals surface area contributed by atoms with Gasteiger partial charge in [-0.05, 0) is 42.5 Å². The first-order valence-corrected chi connectivity index (χ1v) is 9.41. The van der Waals surface area contributed by atoms with Gasteiger partial charge in [0.05, 0.1) is 7.11 Å². The average Bonchev–Trinajstić information content (AvgIpc) is 2.79. The predicted molar refractivity (Wildman–Crippen MR) is 112 cm³/mol. The SMILES string of the molecule is COc1ccccc1[C@@H]1Nc2ccccc2-c2nc(=O)c(-c3ccc(F)cc3)nn21. The van der Waals surface area contributed by atoms with Crippen molar-refractivity contribution in [1.29, 1.82) is 0 Å². The Morgan fingerprint density at radius 3 is 2.53 bits per heavy atom. The zero-order valence-electron chi connectivity index (χ0n) is 16.0. The van der Waals surface area contributed by atoms with E-state index >= 15 is 0 Å². The molecule has 0 bridgehead atoms. The number of methoxy groups -OCH3 is 1. The summed E-state index contributed by atoms with van der Waals surface area (Å²) in [5.41, 5.74) is 2.65. The summed E-state index contributed by atoms with van der Waals surface area (Å²) in [6, 6.07) is 20.9. The smallest absolute Gasteiger partial charge is 0.300 e. The molecule has 5 rings (SSSR count). The lowest BCUT2D eigenvalue weighted by molar-refractivity contribution is 0.400. The highest BCUT2D eigenvalue weighted by Gasteiger charge is 2.29. The lowest BCUT2D eigenvalue weighted by atomic mass is 10.0. The summed E-state index contributed by atoms with van der Waals surface area (Å²) in [5.74, 6) is 0.757. The van der Waals surface area contributed by atoms with Crippen LogP contribution in [0.1, 0.15) is 11.7 Å². The largest absolute Gasteiger partial charge is 0.496 e. The fraction of sp³-hybridized carbons (Fsp3) is 0.0870. The number of nitrogens with zero attached hydrogens (tertiary/aromatic N) is 3. The summed E-state index contributed by atoms with van der Waals surface area (Å²) in [6.07, 6.45) is -0.446. The number of benzene rings is 3. The summed E-state index contributed by atoms with van der Waals surface area (Å²) in [4.78, 5) is 17.2. The van der Waals surface area contributed by atoms with Crippen molar-refractivity contribution in [1.82, 2.24) is 14.8 Å². The summed E-state index contributed by atoms with van der Waals surface area (Å²) in [6.45, 7) is 0. The molecule has 1 aliphatic rings. The van der Waals surface area contributed by atoms with Gasteiger partial charge < -0.3 is 10.1 Å². The van der Waals surface area contributed by atoms with Gasteiger partial charge in [0.1, 0.15) is 11.6 Å². The van der Waals surface area contributed by atoms with Gasteiger partial charge in [-0.15, -0.1) is 0 Å². The maximum atomic E-state index is 13.4. The van der Waals surface area contributed by atoms with Gasteiger partial charge in [-0.3, -0.25) is 4.79 Å². The molecule has 2 heterocycles. The van der Waals surface area contributed by atoms with E-state index in [-0.39, 0.29) is 11.5 Å². The van der Waals surface area contributed by atoms with Crippen LogP contribution < -0.4 is 15.6 Å². The zero-order chi connectivity index (χ0) is 20.7. The summed E-state index contributed by atoms with van der Waals surface area (Å²) in [5, 5.41) is 8.12. The maximum Gasteiger partial charge on any atom is 0.300 e. The predicted octanol–water partition coefficient (Wildman–Crippen LogP) is 4.09. The van der Waals surface area contributed by atoms with Crippen LogP contribution in [0.25, 0.3) is 22.6 Å². The second kappa shape index (κ2) is 7.11. The molecule has 0 amide bonds. The minimum atomic E-state index is -0.469. The Morgan fingerprint density at radius 1 is 1.00 bits per heavy atom. The number of hydrogen-bond acceptors (Lipinski definition) is 5. The van der Waals surface area contributed by atoms with Gasteiger partial charge in [0.15, 0.2) is 17.7 Å². The van der Waals surface area contributed by atoms with Crippen molar-refractivity contribution in [2.75, 3.05) is 12.4 Å². The van der Waals surface area contributed by atoms with Crippen molar-refractivity contribution in [2.24, 2.45) is 0 Å². The van der Waals surface area contributed by atoms with Crippen LogP contribution in [0.4, 0.5) is 10.1 Å². The molecular weight excluding hydrogens is 383 g/mol. The lowest BCUT2D eigenvalue weighted by Crippen LogP contribution is -2.32. The standard InChI is InChI=1S/C23H17FN4O2/c1-30-19-9-5-3-7-17(19)22-25-18-8-4-2-6-16(18)21-26-23(29)20(27-28(21)22)14-10-12-15(24)13-11-14/h2-13,22,25H,1H3/t22-/m1/s1. The van der Waals surface area contributed by atoms with E-state index in [0.717, 1.165) is 16.8 Å². The van der Waals surface area contributed by atoms with E-state index in [2.05, 4.69) is 15.4 Å². The summed E-state index contributed by atoms with van der Waals surface area (Å²) >= 11 is 0. The van der Waals surface area contributed by atoms with Crippen molar-refractivity contribution in [3.63, 3.8) is 0 Å². The van der Waals surface area contributed by atoms with Gasteiger partial charge in [0.2, 0.25) is 0 Å². The fourth-order valence-electron chi connectivity index (χ4n) is 3.67. The molecule has 0 fully saturated rings. The third kappa shape index (κ3) is 2.91. The van der Waals surface area contributed by atoms with E-state index in [1.807, 2.05) is 48.5 Å². The van der Waals surface area contributed by atoms with Crippen LogP contribution in [0, 0.1) is 5.82 Å². The first-order chi connectivity index (χ1) is 14.7. The molecule has 7 heteroatoms. The van der Waals surface area contributed by atoms with Crippen molar-refractivity contribution in [3.8, 4) is 28.4 Å². The molecule has 1 N–H and O–H groups in total. The Balaban J connectivity index is 1.77. The molecule has 0 aliphatic carbocycles. The number of hydrogen-bond donors (Lipinski definition) is 1. The van der Waals surface area contributed by atoms with Gasteiger partial charge in [0, 0.05) is 22.4 Å². The number of aromatic nitrogens is 3. The molecule has 148 valence electrons. The third-order valence-electron chi connectivity index (χ3n) is 5.09. The molecule has 1 aliphatic heterocycles. The highest BCUT2D eigenvalue weighted by Crippen LogP contribution is 2.38. The van der Waals surface area contributed by atoms with Crippen LogP contribution in [0.2, 0.25) is 0 Å². The zero-order valence-corrected chi connectivity index (χ0v) is 16.0. The van der Waals surface area contributed by atoms with Gasteiger partial charge in [-0.1, -0.05) is 30.3 Å². The van der Waals surface area contributed by atoms with Gasteiger partial charge in [0.25, 0.3) is 5.56 Å². The molecule has 6 nitrogen and oxygen atoms in total. The van der Waals surface area contributed by atoms with Crippen LogP contribution >= 0.6 is 0 Å². The third-order valence-corrected chi connectivity index (χ3v) is 5.09. The number of halogens is 1. The second-order valence-electron chi connectivity index (χ2n) is 6.88. The quantitative estimate of drug-likeness (QED) is 0.561. The number of ether oxygens (including phenoxy) is 1. The normalized spacial score (nSPS) is 14.4. The second-order valence-corrected chi connectivity index (χ2v) is 6.88. The molecule has 0 radical (unpaired) electrons. The Hall–Kier alpha value is -4.00. The maximum absolute atomic E-state index is 13.4. The fourth-order valence-corrected chi connectivity index (χ4v) is 3.67. The molecule has 30 heavy (non-hydrogen) atoms. The van der Waals surface area contributed by atoms with Crippen LogP contribution in [0.5, 0.6) is 5.75 Å². The van der Waals surface area contributed by atoms with E-state index in [9.17, 15) is 9.18 Å². The Labute approximate surface area is 171 Å². The van der Waals surface area contributed by atoms with Crippen molar-refractivity contribution < 1.29 is 9.13 Å². The van der Waals surface area contributed by atoms with E-state index in [1.54, 1.807) is 11.8 Å². The van der Waals surface area contributed by atoms with Crippen LogP contribution in [0.3, 0.4) is 0 Å². The molecule has 0 saturated heterocycles. The van der Waals surface area contributed by atoms with Crippen molar-refractivity contribution in [2.45, 2.75) is 6.17 Å². The minimum Gasteiger partial charge on any atom is -0.496 e. The summed E-state index contributed by atoms with van der Waals surface area (Å²) in [7, 11) is 1.61. The van der Waals surface area contributed by atoms with Gasteiger partial charge in [-0.25, -0.2) is 9.07 Å². The first kappa shape index (κ1) is 18.1. The molecule has 0 unspecified atom stereocenters. The number of anilines is 1. The van der Waals surface area contributed by atoms with Crippen LogP contribution in [-0.2, 0) is 0 Å². The highest BCUT2D eigenvalue weighted by molar-refractivity contribution is 5.77. The number of nitrogens with one attached hydrogen (secondary N) is 1. The minimum absolute atomic E-state index is 0.153. The summed E-state index contributed by atoms with van der Waals surface area (Å²) < 4.78 is 20.6. The van der Waals surface area contributed by atoms with Crippen molar-refractivity contribution in [3.05, 3.63) is 94.5 Å². The van der Waals surface area contributed by atoms with Gasteiger partial charge >= 0.3 is 0 Å².